The van der Waals surface area contributed by atoms with Crippen LogP contribution in [0.3, 0.4) is 0 Å². The summed E-state index contributed by atoms with van der Waals surface area (Å²) in [6.07, 6.45) is -0.957. The van der Waals surface area contributed by atoms with Crippen LogP contribution in [0.2, 0.25) is 0 Å². The monoisotopic (exact) mass is 537 g/mol. The molecule has 0 fully saturated rings. The summed E-state index contributed by atoms with van der Waals surface area (Å²) in [4.78, 5) is 33.0. The molecule has 4 aromatic rings. The molecule has 1 unspecified atom stereocenters. The van der Waals surface area contributed by atoms with E-state index in [0.29, 0.717) is 36.0 Å². The summed E-state index contributed by atoms with van der Waals surface area (Å²) in [7, 11) is 0. The van der Waals surface area contributed by atoms with Crippen molar-refractivity contribution in [1.29, 1.82) is 0 Å². The van der Waals surface area contributed by atoms with E-state index in [1.165, 1.54) is 6.92 Å². The van der Waals surface area contributed by atoms with E-state index in [2.05, 4.69) is 4.90 Å². The first-order chi connectivity index (χ1) is 18.7. The van der Waals surface area contributed by atoms with Gasteiger partial charge in [-0.2, -0.15) is 0 Å². The quantitative estimate of drug-likeness (QED) is 0.199. The lowest BCUT2D eigenvalue weighted by atomic mass is 9.95. The Balaban J connectivity index is 1.42. The van der Waals surface area contributed by atoms with Crippen LogP contribution in [-0.2, 0) is 29.0 Å². The number of aromatic nitrogens is 1. The van der Waals surface area contributed by atoms with Crippen molar-refractivity contribution in [1.82, 2.24) is 9.88 Å². The molecule has 5 rings (SSSR count). The summed E-state index contributed by atoms with van der Waals surface area (Å²) in [5.41, 5.74) is 2.03. The van der Waals surface area contributed by atoms with Crippen LogP contribution in [0, 0.1) is 23.3 Å². The van der Waals surface area contributed by atoms with Crippen molar-refractivity contribution in [3.05, 3.63) is 106 Å². The number of para-hydroxylation sites is 1. The molecule has 0 radical (unpaired) electrons. The number of anilines is 1. The van der Waals surface area contributed by atoms with Gasteiger partial charge in [0.05, 0.1) is 11.1 Å². The van der Waals surface area contributed by atoms with Crippen molar-refractivity contribution in [3.8, 4) is 0 Å². The number of hydrogen-bond donors (Lipinski definition) is 1. The molecule has 1 atom stereocenters. The summed E-state index contributed by atoms with van der Waals surface area (Å²) in [5.74, 6) is -8.89. The maximum Gasteiger partial charge on any atom is 0.339 e. The van der Waals surface area contributed by atoms with Crippen LogP contribution in [0.4, 0.5) is 23.2 Å². The number of rotatable bonds is 6. The standard InChI is InChI=1S/C29H23F4N3O3/c1-16(28(37)35-27-25(32)20(30)13-21(31)26(27)33)39-29(38)24-18-9-5-6-10-22(18)34-23-11-12-36(15-19(23)24)14-17-7-3-2-4-8-17/h2-10,13,16H,11-12,14-15H2,1H3,(H,35,37). The molecule has 1 aliphatic rings. The summed E-state index contributed by atoms with van der Waals surface area (Å²) in [6, 6.07) is 16.9. The SMILES string of the molecule is CC(OC(=O)c1c2c(nc3ccccc13)CCN(Cc1ccccc1)C2)C(=O)Nc1c(F)c(F)cc(F)c1F. The lowest BCUT2D eigenvalue weighted by molar-refractivity contribution is -0.123. The van der Waals surface area contributed by atoms with Crippen LogP contribution in [0.5, 0.6) is 0 Å². The van der Waals surface area contributed by atoms with Crippen molar-refractivity contribution < 1.29 is 31.9 Å². The maximum atomic E-state index is 14.0. The zero-order valence-corrected chi connectivity index (χ0v) is 20.8. The minimum atomic E-state index is -1.77. The third-order valence-corrected chi connectivity index (χ3v) is 6.59. The fourth-order valence-electron chi connectivity index (χ4n) is 4.64. The summed E-state index contributed by atoms with van der Waals surface area (Å²) in [5, 5.41) is 2.31. The largest absolute Gasteiger partial charge is 0.449 e. The minimum Gasteiger partial charge on any atom is -0.449 e. The highest BCUT2D eigenvalue weighted by atomic mass is 19.2. The van der Waals surface area contributed by atoms with E-state index in [1.54, 1.807) is 29.6 Å². The van der Waals surface area contributed by atoms with Gasteiger partial charge in [0.1, 0.15) is 5.69 Å². The van der Waals surface area contributed by atoms with Gasteiger partial charge in [0.25, 0.3) is 5.91 Å². The average Bonchev–Trinajstić information content (AvgIpc) is 2.93. The fourth-order valence-corrected chi connectivity index (χ4v) is 4.64. The number of esters is 1. The van der Waals surface area contributed by atoms with Crippen molar-refractivity contribution in [2.75, 3.05) is 11.9 Å². The average molecular weight is 538 g/mol. The second kappa shape index (κ2) is 10.8. The highest BCUT2D eigenvalue weighted by Crippen LogP contribution is 2.30. The molecule has 39 heavy (non-hydrogen) atoms. The molecule has 3 aromatic carbocycles. The topological polar surface area (TPSA) is 71.5 Å². The number of nitrogens with one attached hydrogen (secondary N) is 1. The first-order valence-corrected chi connectivity index (χ1v) is 12.2. The van der Waals surface area contributed by atoms with Gasteiger partial charge in [-0.3, -0.25) is 14.7 Å². The molecule has 0 saturated carbocycles. The van der Waals surface area contributed by atoms with Crippen LogP contribution in [0.1, 0.15) is 34.1 Å². The second-order valence-corrected chi connectivity index (χ2v) is 9.26. The van der Waals surface area contributed by atoms with E-state index in [-0.39, 0.29) is 11.6 Å². The summed E-state index contributed by atoms with van der Waals surface area (Å²) < 4.78 is 60.6. The van der Waals surface area contributed by atoms with Gasteiger partial charge in [-0.1, -0.05) is 48.5 Å². The number of benzene rings is 3. The van der Waals surface area contributed by atoms with E-state index in [0.717, 1.165) is 17.8 Å². The number of nitrogens with zero attached hydrogens (tertiary/aromatic N) is 2. The summed E-state index contributed by atoms with van der Waals surface area (Å²) in [6.45, 7) is 2.98. The highest BCUT2D eigenvalue weighted by Gasteiger charge is 2.30. The maximum absolute atomic E-state index is 14.0. The number of carbonyl (C=O) groups excluding carboxylic acids is 2. The molecule has 0 saturated heterocycles. The number of ether oxygens (including phenoxy) is 1. The summed E-state index contributed by atoms with van der Waals surface area (Å²) >= 11 is 0. The van der Waals surface area contributed by atoms with Gasteiger partial charge in [-0.05, 0) is 18.6 Å². The van der Waals surface area contributed by atoms with Gasteiger partial charge in [-0.15, -0.1) is 0 Å². The lowest BCUT2D eigenvalue weighted by Gasteiger charge is -2.30. The van der Waals surface area contributed by atoms with E-state index >= 15 is 0 Å². The third kappa shape index (κ3) is 5.33. The van der Waals surface area contributed by atoms with Gasteiger partial charge in [0, 0.05) is 48.8 Å². The Morgan fingerprint density at radius 1 is 1.00 bits per heavy atom. The third-order valence-electron chi connectivity index (χ3n) is 6.59. The minimum absolute atomic E-state index is 0.0303. The van der Waals surface area contributed by atoms with Gasteiger partial charge >= 0.3 is 5.97 Å². The molecule has 0 bridgehead atoms. The Hall–Kier alpha value is -4.31. The molecule has 1 amide bonds. The van der Waals surface area contributed by atoms with Crippen molar-refractivity contribution in [2.24, 2.45) is 0 Å². The van der Waals surface area contributed by atoms with E-state index in [4.69, 9.17) is 9.72 Å². The molecule has 200 valence electrons. The van der Waals surface area contributed by atoms with Gasteiger partial charge in [0.2, 0.25) is 0 Å². The lowest BCUT2D eigenvalue weighted by Crippen LogP contribution is -2.34. The molecule has 1 aromatic heterocycles. The van der Waals surface area contributed by atoms with E-state index in [1.807, 2.05) is 30.3 Å². The van der Waals surface area contributed by atoms with Gasteiger partial charge < -0.3 is 10.1 Å². The molecule has 1 N–H and O–H groups in total. The first kappa shape index (κ1) is 26.3. The molecule has 0 aliphatic carbocycles. The predicted molar refractivity (Wildman–Crippen MR) is 136 cm³/mol. The number of carbonyl (C=O) groups is 2. The smallest absolute Gasteiger partial charge is 0.339 e. The van der Waals surface area contributed by atoms with Crippen LogP contribution >= 0.6 is 0 Å². The molecular formula is C29H23F4N3O3. The van der Waals surface area contributed by atoms with Gasteiger partial charge in [0.15, 0.2) is 29.4 Å². The fraction of sp³-hybridized carbons (Fsp3) is 0.207. The number of pyridine rings is 1. The van der Waals surface area contributed by atoms with Gasteiger partial charge in [-0.25, -0.2) is 22.4 Å². The zero-order chi connectivity index (χ0) is 27.7. The van der Waals surface area contributed by atoms with Crippen molar-refractivity contribution in [3.63, 3.8) is 0 Å². The first-order valence-electron chi connectivity index (χ1n) is 12.2. The van der Waals surface area contributed by atoms with Crippen LogP contribution < -0.4 is 5.32 Å². The van der Waals surface area contributed by atoms with Crippen LogP contribution in [0.25, 0.3) is 10.9 Å². The highest BCUT2D eigenvalue weighted by molar-refractivity contribution is 6.06. The van der Waals surface area contributed by atoms with E-state index < -0.39 is 46.9 Å². The normalized spacial score (nSPS) is 14.1. The Labute approximate surface area is 221 Å². The Morgan fingerprint density at radius 3 is 2.38 bits per heavy atom. The molecule has 10 heteroatoms. The molecule has 6 nitrogen and oxygen atoms in total. The van der Waals surface area contributed by atoms with Crippen LogP contribution in [0.15, 0.2) is 60.7 Å². The number of halogens is 4. The van der Waals surface area contributed by atoms with Crippen molar-refractivity contribution in [2.45, 2.75) is 32.5 Å². The van der Waals surface area contributed by atoms with Crippen molar-refractivity contribution >= 4 is 28.5 Å². The molecule has 0 spiro atoms. The molecular weight excluding hydrogens is 514 g/mol. The Bertz CT molecular complexity index is 1550. The number of fused-ring (bicyclic) bond motifs is 2. The Morgan fingerprint density at radius 2 is 1.67 bits per heavy atom. The van der Waals surface area contributed by atoms with Crippen LogP contribution in [-0.4, -0.2) is 34.4 Å². The molecule has 1 aliphatic heterocycles. The predicted octanol–water partition coefficient (Wildman–Crippen LogP) is 5.53. The number of amides is 1. The number of hydrogen-bond acceptors (Lipinski definition) is 5. The molecule has 2 heterocycles. The van der Waals surface area contributed by atoms with E-state index in [9.17, 15) is 27.2 Å². The Kier molecular flexibility index (Phi) is 7.30. The second-order valence-electron chi connectivity index (χ2n) is 9.26. The zero-order valence-electron chi connectivity index (χ0n) is 20.8.